The molecule has 0 atom stereocenters. The van der Waals surface area contributed by atoms with Gasteiger partial charge in [-0.3, -0.25) is 4.79 Å². The van der Waals surface area contributed by atoms with E-state index in [1.165, 1.54) is 19.0 Å². The Balaban J connectivity index is 1.95. The molecule has 1 fully saturated rings. The summed E-state index contributed by atoms with van der Waals surface area (Å²) >= 11 is 0. The molecule has 0 unspecified atom stereocenters. The molecule has 0 aromatic carbocycles. The highest BCUT2D eigenvalue weighted by molar-refractivity contribution is 5.92. The maximum atomic E-state index is 10.8. The van der Waals surface area contributed by atoms with Crippen LogP contribution in [0.15, 0.2) is 18.3 Å². The smallest absolute Gasteiger partial charge is 0.250 e. The van der Waals surface area contributed by atoms with Crippen molar-refractivity contribution in [1.82, 2.24) is 4.98 Å². The average Bonchev–Trinajstić information content (AvgIpc) is 2.16. The molecular formula is C11H15N3O. The first-order chi connectivity index (χ1) is 7.15. The largest absolute Gasteiger partial charge is 0.367 e. The molecule has 1 heterocycles. The number of aromatic nitrogens is 1. The van der Waals surface area contributed by atoms with Crippen molar-refractivity contribution in [3.63, 3.8) is 0 Å². The molecule has 3 N–H and O–H groups in total. The first kappa shape index (κ1) is 9.96. The third-order valence-electron chi connectivity index (χ3n) is 2.77. The number of hydrogen-bond donors (Lipinski definition) is 2. The minimum atomic E-state index is -0.439. The van der Waals surface area contributed by atoms with Crippen LogP contribution in [0, 0.1) is 5.92 Å². The van der Waals surface area contributed by atoms with Crippen molar-refractivity contribution in [3.05, 3.63) is 23.9 Å². The maximum Gasteiger partial charge on any atom is 0.250 e. The summed E-state index contributed by atoms with van der Waals surface area (Å²) in [6.45, 7) is 2.24. The Morgan fingerprint density at radius 2 is 2.27 bits per heavy atom. The molecule has 1 aromatic heterocycles. The van der Waals surface area contributed by atoms with E-state index >= 15 is 0 Å². The Morgan fingerprint density at radius 1 is 1.53 bits per heavy atom. The van der Waals surface area contributed by atoms with Gasteiger partial charge in [0.1, 0.15) is 5.82 Å². The fourth-order valence-corrected chi connectivity index (χ4v) is 1.85. The number of anilines is 1. The van der Waals surface area contributed by atoms with Crippen LogP contribution in [0.2, 0.25) is 0 Å². The molecule has 0 bridgehead atoms. The zero-order valence-electron chi connectivity index (χ0n) is 8.73. The van der Waals surface area contributed by atoms with Crippen LogP contribution in [-0.4, -0.2) is 16.9 Å². The molecule has 4 heteroatoms. The summed E-state index contributed by atoms with van der Waals surface area (Å²) < 4.78 is 0. The van der Waals surface area contributed by atoms with Gasteiger partial charge < -0.3 is 11.1 Å². The first-order valence-corrected chi connectivity index (χ1v) is 5.17. The summed E-state index contributed by atoms with van der Waals surface area (Å²) in [5.41, 5.74) is 5.57. The molecule has 1 saturated carbocycles. The molecular weight excluding hydrogens is 190 g/mol. The van der Waals surface area contributed by atoms with Gasteiger partial charge in [-0.2, -0.15) is 0 Å². The van der Waals surface area contributed by atoms with Crippen LogP contribution >= 0.6 is 0 Å². The summed E-state index contributed by atoms with van der Waals surface area (Å²) in [4.78, 5) is 14.9. The lowest BCUT2D eigenvalue weighted by atomic mass is 9.82. The van der Waals surface area contributed by atoms with Crippen LogP contribution in [0.4, 0.5) is 5.82 Å². The third kappa shape index (κ3) is 2.26. The standard InChI is InChI=1S/C11H15N3O/c1-7-4-9(5-7)14-10-3-2-8(6-13-10)11(12)15/h2-3,6-7,9H,4-5H2,1H3,(H2,12,15)(H,13,14). The van der Waals surface area contributed by atoms with Crippen LogP contribution in [0.5, 0.6) is 0 Å². The SMILES string of the molecule is CC1CC(Nc2ccc(C(N)=O)cn2)C1. The molecule has 4 nitrogen and oxygen atoms in total. The van der Waals surface area contributed by atoms with E-state index in [2.05, 4.69) is 17.2 Å². The second-order valence-corrected chi connectivity index (χ2v) is 4.21. The third-order valence-corrected chi connectivity index (χ3v) is 2.77. The molecule has 0 saturated heterocycles. The Morgan fingerprint density at radius 3 is 2.73 bits per heavy atom. The lowest BCUT2D eigenvalue weighted by molar-refractivity contribution is 0.1000. The first-order valence-electron chi connectivity index (χ1n) is 5.17. The van der Waals surface area contributed by atoms with E-state index in [-0.39, 0.29) is 0 Å². The van der Waals surface area contributed by atoms with Crippen molar-refractivity contribution in [2.45, 2.75) is 25.8 Å². The van der Waals surface area contributed by atoms with E-state index in [0.29, 0.717) is 11.6 Å². The second-order valence-electron chi connectivity index (χ2n) is 4.21. The fraction of sp³-hybridized carbons (Fsp3) is 0.455. The average molecular weight is 205 g/mol. The van der Waals surface area contributed by atoms with Crippen LogP contribution < -0.4 is 11.1 Å². The van der Waals surface area contributed by atoms with Gasteiger partial charge in [-0.15, -0.1) is 0 Å². The van der Waals surface area contributed by atoms with Crippen molar-refractivity contribution in [2.75, 3.05) is 5.32 Å². The summed E-state index contributed by atoms with van der Waals surface area (Å²) in [7, 11) is 0. The van der Waals surface area contributed by atoms with E-state index in [1.54, 1.807) is 12.1 Å². The lowest BCUT2D eigenvalue weighted by Gasteiger charge is -2.33. The van der Waals surface area contributed by atoms with Gasteiger partial charge in [0.15, 0.2) is 0 Å². The summed E-state index contributed by atoms with van der Waals surface area (Å²) in [6, 6.07) is 4.02. The van der Waals surface area contributed by atoms with Gasteiger partial charge >= 0.3 is 0 Å². The molecule has 1 aromatic rings. The zero-order valence-corrected chi connectivity index (χ0v) is 8.73. The quantitative estimate of drug-likeness (QED) is 0.783. The molecule has 1 aliphatic carbocycles. The summed E-state index contributed by atoms with van der Waals surface area (Å²) in [5.74, 6) is 1.19. The van der Waals surface area contributed by atoms with E-state index in [4.69, 9.17) is 5.73 Å². The molecule has 0 radical (unpaired) electrons. The maximum absolute atomic E-state index is 10.8. The lowest BCUT2D eigenvalue weighted by Crippen LogP contribution is -2.34. The molecule has 2 rings (SSSR count). The Bertz CT molecular complexity index is 355. The second kappa shape index (κ2) is 3.88. The van der Waals surface area contributed by atoms with Gasteiger partial charge in [0.2, 0.25) is 5.91 Å². The van der Waals surface area contributed by atoms with Gasteiger partial charge in [-0.1, -0.05) is 6.92 Å². The van der Waals surface area contributed by atoms with Crippen molar-refractivity contribution >= 4 is 11.7 Å². The number of primary amides is 1. The molecule has 0 spiro atoms. The predicted molar refractivity (Wildman–Crippen MR) is 58.6 cm³/mol. The van der Waals surface area contributed by atoms with E-state index in [1.807, 2.05) is 0 Å². The number of hydrogen-bond acceptors (Lipinski definition) is 3. The minimum absolute atomic E-state index is 0.439. The number of carbonyl (C=O) groups is 1. The van der Waals surface area contributed by atoms with Gasteiger partial charge in [-0.25, -0.2) is 4.98 Å². The van der Waals surface area contributed by atoms with Crippen molar-refractivity contribution in [3.8, 4) is 0 Å². The normalized spacial score (nSPS) is 24.3. The number of carbonyl (C=O) groups excluding carboxylic acids is 1. The monoisotopic (exact) mass is 205 g/mol. The fourth-order valence-electron chi connectivity index (χ4n) is 1.85. The van der Waals surface area contributed by atoms with E-state index in [9.17, 15) is 4.79 Å². The molecule has 15 heavy (non-hydrogen) atoms. The van der Waals surface area contributed by atoms with E-state index in [0.717, 1.165) is 11.7 Å². The van der Waals surface area contributed by atoms with Crippen molar-refractivity contribution in [2.24, 2.45) is 11.7 Å². The highest BCUT2D eigenvalue weighted by Crippen LogP contribution is 2.28. The van der Waals surface area contributed by atoms with Crippen LogP contribution in [-0.2, 0) is 0 Å². The highest BCUT2D eigenvalue weighted by atomic mass is 16.1. The Hall–Kier alpha value is -1.58. The Kier molecular flexibility index (Phi) is 2.58. The topological polar surface area (TPSA) is 68.0 Å². The van der Waals surface area contributed by atoms with Gasteiger partial charge in [0.25, 0.3) is 0 Å². The highest BCUT2D eigenvalue weighted by Gasteiger charge is 2.25. The predicted octanol–water partition coefficient (Wildman–Crippen LogP) is 1.39. The van der Waals surface area contributed by atoms with Gasteiger partial charge in [0.05, 0.1) is 5.56 Å². The molecule has 1 amide bonds. The Labute approximate surface area is 88.9 Å². The number of nitrogens with one attached hydrogen (secondary N) is 1. The molecule has 1 aliphatic rings. The van der Waals surface area contributed by atoms with Gasteiger partial charge in [-0.05, 0) is 30.9 Å². The van der Waals surface area contributed by atoms with Gasteiger partial charge in [0, 0.05) is 12.2 Å². The number of pyridine rings is 1. The summed E-state index contributed by atoms with van der Waals surface area (Å²) in [5, 5.41) is 3.31. The number of nitrogens with zero attached hydrogens (tertiary/aromatic N) is 1. The van der Waals surface area contributed by atoms with Crippen LogP contribution in [0.25, 0.3) is 0 Å². The van der Waals surface area contributed by atoms with Crippen molar-refractivity contribution < 1.29 is 4.79 Å². The molecule has 80 valence electrons. The van der Waals surface area contributed by atoms with Crippen LogP contribution in [0.3, 0.4) is 0 Å². The van der Waals surface area contributed by atoms with Crippen molar-refractivity contribution in [1.29, 1.82) is 0 Å². The number of nitrogens with two attached hydrogens (primary N) is 1. The number of amides is 1. The zero-order chi connectivity index (χ0) is 10.8. The van der Waals surface area contributed by atoms with Crippen LogP contribution in [0.1, 0.15) is 30.1 Å². The number of rotatable bonds is 3. The minimum Gasteiger partial charge on any atom is -0.367 e. The van der Waals surface area contributed by atoms with E-state index < -0.39 is 5.91 Å². The molecule has 0 aliphatic heterocycles. The summed E-state index contributed by atoms with van der Waals surface area (Å²) in [6.07, 6.45) is 3.89.